The molecule has 0 fully saturated rings. The minimum absolute atomic E-state index is 0.186. The number of hydrogen-bond acceptors (Lipinski definition) is 2. The SMILES string of the molecule is NCC#Cc1ccc(F)c(/C=C/C(=O)O)c1. The van der Waals surface area contributed by atoms with Crippen LogP contribution in [0.4, 0.5) is 4.39 Å². The Balaban J connectivity index is 3.03. The highest BCUT2D eigenvalue weighted by Crippen LogP contribution is 2.11. The molecule has 0 unspecified atom stereocenters. The molecule has 3 N–H and O–H groups in total. The number of halogens is 1. The molecule has 0 saturated heterocycles. The number of nitrogens with two attached hydrogens (primary N) is 1. The second kappa shape index (κ2) is 5.69. The van der Waals surface area contributed by atoms with Crippen molar-refractivity contribution >= 4 is 12.0 Å². The Labute approximate surface area is 92.4 Å². The largest absolute Gasteiger partial charge is 0.478 e. The highest BCUT2D eigenvalue weighted by molar-refractivity contribution is 5.85. The summed E-state index contributed by atoms with van der Waals surface area (Å²) < 4.78 is 13.2. The van der Waals surface area contributed by atoms with Crippen LogP contribution in [0.1, 0.15) is 11.1 Å². The number of aliphatic carboxylic acids is 1. The van der Waals surface area contributed by atoms with Crippen molar-refractivity contribution in [3.63, 3.8) is 0 Å². The lowest BCUT2D eigenvalue weighted by Crippen LogP contribution is -1.93. The van der Waals surface area contributed by atoms with E-state index in [0.717, 1.165) is 6.08 Å². The van der Waals surface area contributed by atoms with Gasteiger partial charge < -0.3 is 10.8 Å². The second-order valence-electron chi connectivity index (χ2n) is 2.91. The first kappa shape index (κ1) is 12.0. The van der Waals surface area contributed by atoms with E-state index in [9.17, 15) is 9.18 Å². The van der Waals surface area contributed by atoms with Crippen LogP contribution in [0.15, 0.2) is 24.3 Å². The molecule has 0 atom stereocenters. The molecular formula is C12H10FNO2. The van der Waals surface area contributed by atoms with E-state index >= 15 is 0 Å². The maximum absolute atomic E-state index is 13.2. The molecule has 82 valence electrons. The van der Waals surface area contributed by atoms with Gasteiger partial charge in [-0.25, -0.2) is 9.18 Å². The Bertz CT molecular complexity index is 484. The molecule has 0 bridgehead atoms. The Kier molecular flexibility index (Phi) is 4.25. The predicted octanol–water partition coefficient (Wildman–Crippen LogP) is 1.23. The lowest BCUT2D eigenvalue weighted by Gasteiger charge is -1.97. The molecule has 0 aliphatic heterocycles. The zero-order valence-corrected chi connectivity index (χ0v) is 8.40. The lowest BCUT2D eigenvalue weighted by atomic mass is 10.1. The summed E-state index contributed by atoms with van der Waals surface area (Å²) in [5.74, 6) is 3.75. The Morgan fingerprint density at radius 3 is 2.94 bits per heavy atom. The monoisotopic (exact) mass is 219 g/mol. The minimum atomic E-state index is -1.13. The van der Waals surface area contributed by atoms with Crippen LogP contribution in [0.5, 0.6) is 0 Å². The first-order valence-electron chi connectivity index (χ1n) is 4.53. The van der Waals surface area contributed by atoms with Gasteiger partial charge in [-0.15, -0.1) is 0 Å². The number of carboxylic acids is 1. The van der Waals surface area contributed by atoms with Crippen molar-refractivity contribution in [3.05, 3.63) is 41.2 Å². The van der Waals surface area contributed by atoms with Gasteiger partial charge in [0.05, 0.1) is 6.54 Å². The third-order valence-electron chi connectivity index (χ3n) is 1.74. The van der Waals surface area contributed by atoms with Crippen molar-refractivity contribution in [3.8, 4) is 11.8 Å². The highest BCUT2D eigenvalue weighted by atomic mass is 19.1. The van der Waals surface area contributed by atoms with Crippen LogP contribution in [-0.2, 0) is 4.79 Å². The van der Waals surface area contributed by atoms with Gasteiger partial charge >= 0.3 is 5.97 Å². The predicted molar refractivity (Wildman–Crippen MR) is 59.0 cm³/mol. The fraction of sp³-hybridized carbons (Fsp3) is 0.0833. The molecule has 1 aromatic rings. The molecule has 4 heteroatoms. The van der Waals surface area contributed by atoms with Crippen molar-refractivity contribution in [2.45, 2.75) is 0 Å². The molecule has 3 nitrogen and oxygen atoms in total. The van der Waals surface area contributed by atoms with Crippen molar-refractivity contribution in [2.75, 3.05) is 6.54 Å². The number of carbonyl (C=O) groups is 1. The van der Waals surface area contributed by atoms with E-state index in [1.807, 2.05) is 0 Å². The summed E-state index contributed by atoms with van der Waals surface area (Å²) >= 11 is 0. The van der Waals surface area contributed by atoms with E-state index in [1.165, 1.54) is 24.3 Å². The molecule has 0 radical (unpaired) electrons. The van der Waals surface area contributed by atoms with Gasteiger partial charge in [0.2, 0.25) is 0 Å². The van der Waals surface area contributed by atoms with E-state index < -0.39 is 11.8 Å². The molecule has 0 spiro atoms. The summed E-state index contributed by atoms with van der Waals surface area (Å²) in [5.41, 5.74) is 5.98. The van der Waals surface area contributed by atoms with Crippen molar-refractivity contribution < 1.29 is 14.3 Å². The second-order valence-corrected chi connectivity index (χ2v) is 2.91. The van der Waals surface area contributed by atoms with Gasteiger partial charge in [-0.3, -0.25) is 0 Å². The van der Waals surface area contributed by atoms with Gasteiger partial charge in [-0.1, -0.05) is 11.8 Å². The van der Waals surface area contributed by atoms with Gasteiger partial charge in [0, 0.05) is 17.2 Å². The lowest BCUT2D eigenvalue weighted by molar-refractivity contribution is -0.131. The molecule has 1 aromatic carbocycles. The van der Waals surface area contributed by atoms with Gasteiger partial charge in [-0.05, 0) is 24.3 Å². The van der Waals surface area contributed by atoms with Gasteiger partial charge in [0.25, 0.3) is 0 Å². The average Bonchev–Trinajstić information content (AvgIpc) is 2.26. The van der Waals surface area contributed by atoms with E-state index in [0.29, 0.717) is 5.56 Å². The van der Waals surface area contributed by atoms with E-state index in [-0.39, 0.29) is 12.1 Å². The molecule has 16 heavy (non-hydrogen) atoms. The van der Waals surface area contributed by atoms with Crippen molar-refractivity contribution in [1.82, 2.24) is 0 Å². The maximum atomic E-state index is 13.2. The zero-order valence-electron chi connectivity index (χ0n) is 8.40. The molecule has 1 rings (SSSR count). The standard InChI is InChI=1S/C12H10FNO2/c13-11-5-3-9(2-1-7-14)8-10(11)4-6-12(15)16/h3-6,8H,7,14H2,(H,15,16)/b6-4+. The van der Waals surface area contributed by atoms with Gasteiger partial charge in [-0.2, -0.15) is 0 Å². The number of hydrogen-bond donors (Lipinski definition) is 2. The van der Waals surface area contributed by atoms with Crippen LogP contribution >= 0.6 is 0 Å². The Hall–Kier alpha value is -2.12. The quantitative estimate of drug-likeness (QED) is 0.581. The van der Waals surface area contributed by atoms with Crippen LogP contribution < -0.4 is 5.73 Å². The molecule has 0 amide bonds. The number of carboxylic acid groups (broad SMARTS) is 1. The fourth-order valence-electron chi connectivity index (χ4n) is 1.06. The summed E-state index contributed by atoms with van der Waals surface area (Å²) in [6.45, 7) is 0.220. The normalized spacial score (nSPS) is 9.88. The highest BCUT2D eigenvalue weighted by Gasteiger charge is 1.99. The fourth-order valence-corrected chi connectivity index (χ4v) is 1.06. The third kappa shape index (κ3) is 3.56. The summed E-state index contributed by atoms with van der Waals surface area (Å²) in [7, 11) is 0. The maximum Gasteiger partial charge on any atom is 0.328 e. The first-order valence-corrected chi connectivity index (χ1v) is 4.53. The van der Waals surface area contributed by atoms with Gasteiger partial charge in [0.1, 0.15) is 5.82 Å². The van der Waals surface area contributed by atoms with Crippen LogP contribution in [0, 0.1) is 17.7 Å². The Morgan fingerprint density at radius 1 is 1.56 bits per heavy atom. The molecule has 0 saturated carbocycles. The van der Waals surface area contributed by atoms with Crippen molar-refractivity contribution in [1.29, 1.82) is 0 Å². The van der Waals surface area contributed by atoms with Crippen LogP contribution in [0.2, 0.25) is 0 Å². The van der Waals surface area contributed by atoms with Crippen LogP contribution in [-0.4, -0.2) is 17.6 Å². The van der Waals surface area contributed by atoms with E-state index in [4.69, 9.17) is 10.8 Å². The summed E-state index contributed by atoms with van der Waals surface area (Å²) in [4.78, 5) is 10.3. The molecule has 0 aliphatic rings. The first-order chi connectivity index (χ1) is 7.63. The zero-order chi connectivity index (χ0) is 12.0. The van der Waals surface area contributed by atoms with Gasteiger partial charge in [0.15, 0.2) is 0 Å². The average molecular weight is 219 g/mol. The summed E-state index contributed by atoms with van der Waals surface area (Å²) in [5, 5.41) is 8.42. The van der Waals surface area contributed by atoms with E-state index in [1.54, 1.807) is 0 Å². The topological polar surface area (TPSA) is 63.3 Å². The van der Waals surface area contributed by atoms with E-state index in [2.05, 4.69) is 11.8 Å². The molecule has 0 aromatic heterocycles. The van der Waals surface area contributed by atoms with Crippen molar-refractivity contribution in [2.24, 2.45) is 5.73 Å². The summed E-state index contributed by atoms with van der Waals surface area (Å²) in [6.07, 6.45) is 2.06. The minimum Gasteiger partial charge on any atom is -0.478 e. The summed E-state index contributed by atoms with van der Waals surface area (Å²) in [6, 6.07) is 4.22. The Morgan fingerprint density at radius 2 is 2.31 bits per heavy atom. The molecule has 0 heterocycles. The molecule has 0 aliphatic carbocycles. The third-order valence-corrected chi connectivity index (χ3v) is 1.74. The number of benzene rings is 1. The number of rotatable bonds is 2. The van der Waals surface area contributed by atoms with Crippen LogP contribution in [0.25, 0.3) is 6.08 Å². The smallest absolute Gasteiger partial charge is 0.328 e. The molecular weight excluding hydrogens is 209 g/mol. The van der Waals surface area contributed by atoms with Crippen LogP contribution in [0.3, 0.4) is 0 Å².